The molecule has 3 nitrogen and oxygen atoms in total. The molecule has 2 aliphatic rings. The van der Waals surface area contributed by atoms with Gasteiger partial charge >= 0.3 is 0 Å². The summed E-state index contributed by atoms with van der Waals surface area (Å²) >= 11 is 0. The standard InChI is InChI=1S/C13H24N2O/c1-9-5-2-3-8-12(9)15-13(16)10-6-4-7-11(10)14/h9-12H,2-8,14H2,1H3,(H,15,16). The van der Waals surface area contributed by atoms with E-state index < -0.39 is 0 Å². The van der Waals surface area contributed by atoms with Crippen molar-refractivity contribution in [2.24, 2.45) is 17.6 Å². The van der Waals surface area contributed by atoms with Crippen molar-refractivity contribution in [1.29, 1.82) is 0 Å². The van der Waals surface area contributed by atoms with Crippen molar-refractivity contribution >= 4 is 5.91 Å². The minimum absolute atomic E-state index is 0.0779. The lowest BCUT2D eigenvalue weighted by Crippen LogP contribution is -2.46. The Morgan fingerprint density at radius 3 is 2.50 bits per heavy atom. The maximum atomic E-state index is 12.1. The predicted molar refractivity (Wildman–Crippen MR) is 64.9 cm³/mol. The van der Waals surface area contributed by atoms with Gasteiger partial charge in [-0.05, 0) is 31.6 Å². The molecule has 0 spiro atoms. The van der Waals surface area contributed by atoms with Gasteiger partial charge in [-0.1, -0.05) is 26.2 Å². The van der Waals surface area contributed by atoms with Gasteiger partial charge in [-0.15, -0.1) is 0 Å². The van der Waals surface area contributed by atoms with Crippen molar-refractivity contribution in [3.8, 4) is 0 Å². The number of nitrogens with one attached hydrogen (secondary N) is 1. The van der Waals surface area contributed by atoms with Crippen LogP contribution in [0.4, 0.5) is 0 Å². The van der Waals surface area contributed by atoms with Gasteiger partial charge in [0.1, 0.15) is 0 Å². The summed E-state index contributed by atoms with van der Waals surface area (Å²) < 4.78 is 0. The van der Waals surface area contributed by atoms with Crippen LogP contribution in [0.2, 0.25) is 0 Å². The molecule has 3 heteroatoms. The first-order valence-electron chi connectivity index (χ1n) is 6.74. The summed E-state index contributed by atoms with van der Waals surface area (Å²) in [6.07, 6.45) is 8.07. The lowest BCUT2D eigenvalue weighted by atomic mass is 9.85. The quantitative estimate of drug-likeness (QED) is 0.751. The zero-order valence-corrected chi connectivity index (χ0v) is 10.2. The third-order valence-corrected chi connectivity index (χ3v) is 4.35. The van der Waals surface area contributed by atoms with Gasteiger partial charge in [-0.25, -0.2) is 0 Å². The molecule has 2 aliphatic carbocycles. The van der Waals surface area contributed by atoms with E-state index in [1.54, 1.807) is 0 Å². The number of amides is 1. The molecule has 92 valence electrons. The van der Waals surface area contributed by atoms with Crippen molar-refractivity contribution < 1.29 is 4.79 Å². The third-order valence-electron chi connectivity index (χ3n) is 4.35. The van der Waals surface area contributed by atoms with E-state index in [4.69, 9.17) is 5.73 Å². The molecule has 16 heavy (non-hydrogen) atoms. The van der Waals surface area contributed by atoms with E-state index in [0.717, 1.165) is 25.7 Å². The fraction of sp³-hybridized carbons (Fsp3) is 0.923. The largest absolute Gasteiger partial charge is 0.353 e. The number of hydrogen-bond donors (Lipinski definition) is 2. The summed E-state index contributed by atoms with van der Waals surface area (Å²) in [6, 6.07) is 0.493. The second-order valence-electron chi connectivity index (χ2n) is 5.58. The molecule has 2 fully saturated rings. The highest BCUT2D eigenvalue weighted by Crippen LogP contribution is 2.27. The van der Waals surface area contributed by atoms with Gasteiger partial charge in [0.25, 0.3) is 0 Å². The molecule has 0 aromatic carbocycles. The Morgan fingerprint density at radius 2 is 1.88 bits per heavy atom. The van der Waals surface area contributed by atoms with Gasteiger partial charge in [0.05, 0.1) is 5.92 Å². The summed E-state index contributed by atoms with van der Waals surface area (Å²) in [4.78, 5) is 12.1. The van der Waals surface area contributed by atoms with E-state index in [-0.39, 0.29) is 17.9 Å². The van der Waals surface area contributed by atoms with Crippen LogP contribution in [0.1, 0.15) is 51.9 Å². The van der Waals surface area contributed by atoms with Crippen molar-refractivity contribution in [3.05, 3.63) is 0 Å². The van der Waals surface area contributed by atoms with E-state index in [1.807, 2.05) is 0 Å². The minimum atomic E-state index is 0.0779. The van der Waals surface area contributed by atoms with Crippen LogP contribution in [-0.2, 0) is 4.79 Å². The lowest BCUT2D eigenvalue weighted by Gasteiger charge is -2.31. The first-order valence-corrected chi connectivity index (χ1v) is 6.74. The van der Waals surface area contributed by atoms with E-state index >= 15 is 0 Å². The highest BCUT2D eigenvalue weighted by Gasteiger charge is 2.32. The highest BCUT2D eigenvalue weighted by molar-refractivity contribution is 5.80. The molecule has 0 bridgehead atoms. The fourth-order valence-electron chi connectivity index (χ4n) is 3.13. The summed E-state index contributed by atoms with van der Waals surface area (Å²) in [6.45, 7) is 2.25. The Labute approximate surface area is 98.2 Å². The van der Waals surface area contributed by atoms with Crippen LogP contribution >= 0.6 is 0 Å². The van der Waals surface area contributed by atoms with E-state index in [9.17, 15) is 4.79 Å². The molecule has 0 aliphatic heterocycles. The van der Waals surface area contributed by atoms with Gasteiger partial charge in [-0.3, -0.25) is 4.79 Å². The third kappa shape index (κ3) is 2.57. The number of rotatable bonds is 2. The summed E-state index contributed by atoms with van der Waals surface area (Å²) in [5.41, 5.74) is 5.96. The second-order valence-corrected chi connectivity index (χ2v) is 5.58. The Bertz CT molecular complexity index is 254. The second kappa shape index (κ2) is 5.17. The highest BCUT2D eigenvalue weighted by atomic mass is 16.2. The smallest absolute Gasteiger partial charge is 0.224 e. The topological polar surface area (TPSA) is 55.1 Å². The Balaban J connectivity index is 1.86. The molecule has 0 aromatic heterocycles. The van der Waals surface area contributed by atoms with Crippen LogP contribution in [0.25, 0.3) is 0 Å². The summed E-state index contributed by atoms with van der Waals surface area (Å²) in [5.74, 6) is 0.924. The number of carbonyl (C=O) groups is 1. The van der Waals surface area contributed by atoms with Crippen LogP contribution in [0, 0.1) is 11.8 Å². The van der Waals surface area contributed by atoms with Crippen molar-refractivity contribution in [1.82, 2.24) is 5.32 Å². The van der Waals surface area contributed by atoms with Gasteiger partial charge in [0.2, 0.25) is 5.91 Å². The van der Waals surface area contributed by atoms with Crippen molar-refractivity contribution in [2.45, 2.75) is 64.0 Å². The zero-order chi connectivity index (χ0) is 11.5. The van der Waals surface area contributed by atoms with Gasteiger partial charge in [-0.2, -0.15) is 0 Å². The van der Waals surface area contributed by atoms with E-state index in [1.165, 1.54) is 19.3 Å². The maximum absolute atomic E-state index is 12.1. The average molecular weight is 224 g/mol. The number of carbonyl (C=O) groups excluding carboxylic acids is 1. The summed E-state index contributed by atoms with van der Waals surface area (Å²) in [5, 5.41) is 3.22. The Kier molecular flexibility index (Phi) is 3.85. The molecule has 0 heterocycles. The van der Waals surface area contributed by atoms with Crippen LogP contribution in [0.5, 0.6) is 0 Å². The zero-order valence-electron chi connectivity index (χ0n) is 10.2. The van der Waals surface area contributed by atoms with Crippen LogP contribution in [0.3, 0.4) is 0 Å². The maximum Gasteiger partial charge on any atom is 0.224 e. The van der Waals surface area contributed by atoms with Gasteiger partial charge in [0.15, 0.2) is 0 Å². The molecular weight excluding hydrogens is 200 g/mol. The van der Waals surface area contributed by atoms with Gasteiger partial charge < -0.3 is 11.1 Å². The van der Waals surface area contributed by atoms with E-state index in [2.05, 4.69) is 12.2 Å². The molecular formula is C13H24N2O. The van der Waals surface area contributed by atoms with Crippen LogP contribution < -0.4 is 11.1 Å². The van der Waals surface area contributed by atoms with Crippen molar-refractivity contribution in [2.75, 3.05) is 0 Å². The first-order chi connectivity index (χ1) is 7.68. The van der Waals surface area contributed by atoms with Crippen LogP contribution in [-0.4, -0.2) is 18.0 Å². The normalized spacial score (nSPS) is 39.6. The van der Waals surface area contributed by atoms with Gasteiger partial charge in [0, 0.05) is 12.1 Å². The average Bonchev–Trinajstić information content (AvgIpc) is 2.68. The molecule has 4 atom stereocenters. The first kappa shape index (κ1) is 11.9. The molecule has 0 aromatic rings. The predicted octanol–water partition coefficient (Wildman–Crippen LogP) is 1.81. The van der Waals surface area contributed by atoms with Crippen molar-refractivity contribution in [3.63, 3.8) is 0 Å². The Hall–Kier alpha value is -0.570. The monoisotopic (exact) mass is 224 g/mol. The molecule has 3 N–H and O–H groups in total. The number of nitrogens with two attached hydrogens (primary N) is 1. The molecule has 1 amide bonds. The minimum Gasteiger partial charge on any atom is -0.353 e. The molecule has 4 unspecified atom stereocenters. The number of hydrogen-bond acceptors (Lipinski definition) is 2. The summed E-state index contributed by atoms with van der Waals surface area (Å²) in [7, 11) is 0. The van der Waals surface area contributed by atoms with Crippen LogP contribution in [0.15, 0.2) is 0 Å². The molecule has 2 saturated carbocycles. The Morgan fingerprint density at radius 1 is 1.12 bits per heavy atom. The fourth-order valence-corrected chi connectivity index (χ4v) is 3.13. The SMILES string of the molecule is CC1CCCCC1NC(=O)C1CCCC1N. The van der Waals surface area contributed by atoms with E-state index in [0.29, 0.717) is 12.0 Å². The molecule has 0 radical (unpaired) electrons. The molecule has 2 rings (SSSR count). The lowest BCUT2D eigenvalue weighted by molar-refractivity contribution is -0.126. The molecule has 0 saturated heterocycles.